The van der Waals surface area contributed by atoms with Gasteiger partial charge in [-0.1, -0.05) is 48.9 Å². The number of para-hydroxylation sites is 1. The molecule has 0 saturated carbocycles. The van der Waals surface area contributed by atoms with Gasteiger partial charge in [0.2, 0.25) is 0 Å². The third-order valence-electron chi connectivity index (χ3n) is 4.03. The third kappa shape index (κ3) is 4.85. The van der Waals surface area contributed by atoms with E-state index in [0.29, 0.717) is 32.5 Å². The van der Waals surface area contributed by atoms with Crippen molar-refractivity contribution in [2.45, 2.75) is 34.1 Å². The number of benzene rings is 1. The molecule has 0 aliphatic carbocycles. The van der Waals surface area contributed by atoms with Gasteiger partial charge in [0.25, 0.3) is 5.91 Å². The average molecular weight is 416 g/mol. The molecule has 0 atom stereocenters. The van der Waals surface area contributed by atoms with Crippen molar-refractivity contribution in [2.24, 2.45) is 5.92 Å². The SMILES string of the molecule is Cc1ncc(CC(C)C)c(Nc2ncc(C(=O)Nc3c(C)cccc3Cl)s2)n1. The summed E-state index contributed by atoms with van der Waals surface area (Å²) in [5, 5.41) is 7.20. The predicted octanol–water partition coefficient (Wildman–Crippen LogP) is 5.40. The minimum Gasteiger partial charge on any atom is -0.320 e. The Kier molecular flexibility index (Phi) is 6.26. The molecule has 0 spiro atoms. The van der Waals surface area contributed by atoms with Gasteiger partial charge in [0.05, 0.1) is 16.9 Å². The molecule has 8 heteroatoms. The highest BCUT2D eigenvalue weighted by atomic mass is 35.5. The van der Waals surface area contributed by atoms with Crippen molar-refractivity contribution in [3.05, 3.63) is 57.4 Å². The lowest BCUT2D eigenvalue weighted by atomic mass is 10.1. The van der Waals surface area contributed by atoms with Gasteiger partial charge in [-0.15, -0.1) is 0 Å². The zero-order chi connectivity index (χ0) is 20.3. The van der Waals surface area contributed by atoms with Crippen LogP contribution in [0.1, 0.15) is 40.5 Å². The van der Waals surface area contributed by atoms with Crippen LogP contribution in [0.15, 0.2) is 30.6 Å². The average Bonchev–Trinajstić information content (AvgIpc) is 3.09. The number of hydrogen-bond donors (Lipinski definition) is 2. The van der Waals surface area contributed by atoms with E-state index in [4.69, 9.17) is 11.6 Å². The monoisotopic (exact) mass is 415 g/mol. The van der Waals surface area contributed by atoms with E-state index in [1.54, 1.807) is 12.3 Å². The highest BCUT2D eigenvalue weighted by Gasteiger charge is 2.15. The molecule has 3 aromatic rings. The van der Waals surface area contributed by atoms with Crippen LogP contribution in [0.25, 0.3) is 0 Å². The Morgan fingerprint density at radius 1 is 1.21 bits per heavy atom. The second-order valence-corrected chi connectivity index (χ2v) is 8.37. The van der Waals surface area contributed by atoms with E-state index < -0.39 is 0 Å². The summed E-state index contributed by atoms with van der Waals surface area (Å²) in [7, 11) is 0. The Morgan fingerprint density at radius 2 is 2.00 bits per heavy atom. The predicted molar refractivity (Wildman–Crippen MR) is 115 cm³/mol. The lowest BCUT2D eigenvalue weighted by molar-refractivity contribution is 0.103. The number of aromatic nitrogens is 3. The van der Waals surface area contributed by atoms with Gasteiger partial charge in [0, 0.05) is 11.8 Å². The molecule has 3 rings (SSSR count). The van der Waals surface area contributed by atoms with Crippen molar-refractivity contribution in [1.29, 1.82) is 0 Å². The first-order valence-electron chi connectivity index (χ1n) is 8.95. The van der Waals surface area contributed by atoms with Crippen LogP contribution in [-0.4, -0.2) is 20.9 Å². The molecule has 0 unspecified atom stereocenters. The van der Waals surface area contributed by atoms with Gasteiger partial charge in [0.1, 0.15) is 16.5 Å². The van der Waals surface area contributed by atoms with E-state index in [9.17, 15) is 4.79 Å². The maximum Gasteiger partial charge on any atom is 0.267 e. The van der Waals surface area contributed by atoms with Gasteiger partial charge >= 0.3 is 0 Å². The highest BCUT2D eigenvalue weighted by molar-refractivity contribution is 7.17. The Balaban J connectivity index is 1.78. The van der Waals surface area contributed by atoms with Crippen LogP contribution < -0.4 is 10.6 Å². The molecule has 6 nitrogen and oxygen atoms in total. The van der Waals surface area contributed by atoms with E-state index in [2.05, 4.69) is 39.4 Å². The maximum absolute atomic E-state index is 12.6. The van der Waals surface area contributed by atoms with Crippen LogP contribution in [-0.2, 0) is 6.42 Å². The van der Waals surface area contributed by atoms with Crippen molar-refractivity contribution in [2.75, 3.05) is 10.6 Å². The number of thiazole rings is 1. The first-order valence-corrected chi connectivity index (χ1v) is 10.1. The number of amides is 1. The van der Waals surface area contributed by atoms with Crippen molar-refractivity contribution in [1.82, 2.24) is 15.0 Å². The number of aryl methyl sites for hydroxylation is 2. The number of carbonyl (C=O) groups is 1. The molecule has 0 aliphatic heterocycles. The van der Waals surface area contributed by atoms with E-state index >= 15 is 0 Å². The molecule has 1 aromatic carbocycles. The van der Waals surface area contributed by atoms with E-state index in [1.807, 2.05) is 32.2 Å². The van der Waals surface area contributed by atoms with E-state index in [0.717, 1.165) is 23.4 Å². The van der Waals surface area contributed by atoms with Crippen molar-refractivity contribution in [3.63, 3.8) is 0 Å². The van der Waals surface area contributed by atoms with Crippen molar-refractivity contribution < 1.29 is 4.79 Å². The van der Waals surface area contributed by atoms with Crippen molar-refractivity contribution >= 4 is 45.5 Å². The van der Waals surface area contributed by atoms with Crippen LogP contribution in [0.3, 0.4) is 0 Å². The molecule has 0 fully saturated rings. The summed E-state index contributed by atoms with van der Waals surface area (Å²) < 4.78 is 0. The number of halogens is 1. The van der Waals surface area contributed by atoms with Gasteiger partial charge in [-0.25, -0.2) is 15.0 Å². The molecule has 0 radical (unpaired) electrons. The Morgan fingerprint density at radius 3 is 2.71 bits per heavy atom. The second-order valence-electron chi connectivity index (χ2n) is 6.93. The van der Waals surface area contributed by atoms with Gasteiger partial charge in [0.15, 0.2) is 5.13 Å². The standard InChI is InChI=1S/C20H22ClN5OS/c1-11(2)8-14-9-22-13(4)24-18(14)26-20-23-10-16(28-20)19(27)25-17-12(3)6-5-7-15(17)21/h5-7,9-11H,8H2,1-4H3,(H,25,27)(H,22,23,24,26). The Labute approximate surface area is 173 Å². The number of anilines is 3. The molecular weight excluding hydrogens is 394 g/mol. The Hall–Kier alpha value is -2.51. The zero-order valence-electron chi connectivity index (χ0n) is 16.2. The normalized spacial score (nSPS) is 10.9. The number of nitrogens with zero attached hydrogens (tertiary/aromatic N) is 3. The Bertz CT molecular complexity index is 982. The summed E-state index contributed by atoms with van der Waals surface area (Å²) >= 11 is 7.46. The fraction of sp³-hybridized carbons (Fsp3) is 0.300. The molecule has 2 N–H and O–H groups in total. The van der Waals surface area contributed by atoms with Crippen molar-refractivity contribution in [3.8, 4) is 0 Å². The molecule has 0 aliphatic rings. The topological polar surface area (TPSA) is 79.8 Å². The molecule has 0 saturated heterocycles. The molecule has 1 amide bonds. The number of carbonyl (C=O) groups excluding carboxylic acids is 1. The lowest BCUT2D eigenvalue weighted by Crippen LogP contribution is -2.11. The molecule has 2 aromatic heterocycles. The third-order valence-corrected chi connectivity index (χ3v) is 5.25. The smallest absolute Gasteiger partial charge is 0.267 e. The maximum atomic E-state index is 12.6. The molecule has 146 valence electrons. The molecule has 2 heterocycles. The highest BCUT2D eigenvalue weighted by Crippen LogP contribution is 2.28. The first kappa shape index (κ1) is 20.2. The van der Waals surface area contributed by atoms with Crippen LogP contribution in [0, 0.1) is 19.8 Å². The van der Waals surface area contributed by atoms with Crippen LogP contribution >= 0.6 is 22.9 Å². The lowest BCUT2D eigenvalue weighted by Gasteiger charge is -2.11. The van der Waals surface area contributed by atoms with Crippen LogP contribution in [0.5, 0.6) is 0 Å². The fourth-order valence-corrected chi connectivity index (χ4v) is 3.68. The summed E-state index contributed by atoms with van der Waals surface area (Å²) in [6.45, 7) is 8.03. The number of rotatable bonds is 6. The summed E-state index contributed by atoms with van der Waals surface area (Å²) in [5.74, 6) is 1.63. The van der Waals surface area contributed by atoms with Gasteiger partial charge in [-0.3, -0.25) is 4.79 Å². The van der Waals surface area contributed by atoms with E-state index in [1.165, 1.54) is 11.3 Å². The molecule has 0 bridgehead atoms. The van der Waals surface area contributed by atoms with Gasteiger partial charge in [-0.2, -0.15) is 0 Å². The van der Waals surface area contributed by atoms with Crippen LogP contribution in [0.2, 0.25) is 5.02 Å². The van der Waals surface area contributed by atoms with Gasteiger partial charge < -0.3 is 10.6 Å². The van der Waals surface area contributed by atoms with E-state index in [-0.39, 0.29) is 5.91 Å². The zero-order valence-corrected chi connectivity index (χ0v) is 17.8. The molecular formula is C20H22ClN5OS. The second kappa shape index (κ2) is 8.67. The number of nitrogens with one attached hydrogen (secondary N) is 2. The minimum absolute atomic E-state index is 0.247. The fourth-order valence-electron chi connectivity index (χ4n) is 2.70. The summed E-state index contributed by atoms with van der Waals surface area (Å²) in [6.07, 6.45) is 4.24. The summed E-state index contributed by atoms with van der Waals surface area (Å²) in [4.78, 5) is 26.2. The number of hydrogen-bond acceptors (Lipinski definition) is 6. The minimum atomic E-state index is -0.247. The first-order chi connectivity index (χ1) is 13.3. The van der Waals surface area contributed by atoms with Gasteiger partial charge in [-0.05, 0) is 37.8 Å². The molecule has 28 heavy (non-hydrogen) atoms. The largest absolute Gasteiger partial charge is 0.320 e. The summed E-state index contributed by atoms with van der Waals surface area (Å²) in [5.41, 5.74) is 2.54. The summed E-state index contributed by atoms with van der Waals surface area (Å²) in [6, 6.07) is 5.49. The van der Waals surface area contributed by atoms with Crippen LogP contribution in [0.4, 0.5) is 16.6 Å². The quantitative estimate of drug-likeness (QED) is 0.563.